The van der Waals surface area contributed by atoms with Gasteiger partial charge >= 0.3 is 0 Å². The molecule has 0 saturated carbocycles. The molecule has 0 aliphatic heterocycles. The highest BCUT2D eigenvalue weighted by Gasteiger charge is 2.26. The van der Waals surface area contributed by atoms with Crippen LogP contribution in [0.4, 0.5) is 0 Å². The Bertz CT molecular complexity index is 817. The third kappa shape index (κ3) is 5.33. The van der Waals surface area contributed by atoms with E-state index < -0.39 is 6.04 Å². The number of hydrogen-bond donors (Lipinski definition) is 1. The first-order valence-electron chi connectivity index (χ1n) is 9.09. The third-order valence-electron chi connectivity index (χ3n) is 4.71. The average Bonchev–Trinajstić information content (AvgIpc) is 2.66. The Hall–Kier alpha value is -2.82. The number of likely N-dealkylation sites (N-methyl/N-ethyl adjacent to an activating group) is 1. The molecule has 2 amide bonds. The first-order chi connectivity index (χ1) is 12.8. The van der Waals surface area contributed by atoms with Crippen molar-refractivity contribution in [3.05, 3.63) is 64.7 Å². The summed E-state index contributed by atoms with van der Waals surface area (Å²) in [6.07, 6.45) is 0. The molecule has 0 radical (unpaired) electrons. The van der Waals surface area contributed by atoms with Crippen LogP contribution in [0.1, 0.15) is 29.2 Å². The zero-order valence-electron chi connectivity index (χ0n) is 16.7. The third-order valence-corrected chi connectivity index (χ3v) is 4.71. The van der Waals surface area contributed by atoms with E-state index in [-0.39, 0.29) is 18.4 Å². The van der Waals surface area contributed by atoms with E-state index in [4.69, 9.17) is 4.74 Å². The molecule has 2 aromatic rings. The predicted octanol–water partition coefficient (Wildman–Crippen LogP) is 3.15. The predicted molar refractivity (Wildman–Crippen MR) is 107 cm³/mol. The lowest BCUT2D eigenvalue weighted by Crippen LogP contribution is -2.48. The van der Waals surface area contributed by atoms with Gasteiger partial charge in [-0.1, -0.05) is 36.4 Å². The summed E-state index contributed by atoms with van der Waals surface area (Å²) in [5.41, 5.74) is 4.12. The molecule has 1 atom stereocenters. The molecule has 0 unspecified atom stereocenters. The van der Waals surface area contributed by atoms with E-state index in [1.165, 1.54) is 0 Å². The molecule has 0 spiro atoms. The van der Waals surface area contributed by atoms with Gasteiger partial charge in [-0.3, -0.25) is 9.59 Å². The zero-order chi connectivity index (χ0) is 20.0. The number of rotatable bonds is 7. The van der Waals surface area contributed by atoms with Crippen LogP contribution >= 0.6 is 0 Å². The maximum atomic E-state index is 12.9. The highest BCUT2D eigenvalue weighted by atomic mass is 16.5. The van der Waals surface area contributed by atoms with Gasteiger partial charge < -0.3 is 15.0 Å². The standard InChI is InChI=1S/C22H28N2O3/c1-15-10-11-17(3)20(12-15)27-14-21(25)24(18(4)22(26)23-5)13-19-9-7-6-8-16(19)2/h6-12,18H,13-14H2,1-5H3,(H,23,26)/t18-/m0/s1. The normalized spacial score (nSPS) is 11.6. The van der Waals surface area contributed by atoms with Crippen LogP contribution in [-0.4, -0.2) is 36.4 Å². The van der Waals surface area contributed by atoms with Gasteiger partial charge in [0, 0.05) is 13.6 Å². The van der Waals surface area contributed by atoms with Gasteiger partial charge in [-0.2, -0.15) is 0 Å². The lowest BCUT2D eigenvalue weighted by Gasteiger charge is -2.29. The summed E-state index contributed by atoms with van der Waals surface area (Å²) < 4.78 is 5.77. The second-order valence-electron chi connectivity index (χ2n) is 6.80. The Morgan fingerprint density at radius 2 is 1.78 bits per heavy atom. The summed E-state index contributed by atoms with van der Waals surface area (Å²) in [7, 11) is 1.57. The minimum absolute atomic E-state index is 0.114. The van der Waals surface area contributed by atoms with E-state index in [0.717, 1.165) is 22.3 Å². The van der Waals surface area contributed by atoms with Crippen molar-refractivity contribution in [1.29, 1.82) is 0 Å². The van der Waals surface area contributed by atoms with Crippen molar-refractivity contribution in [2.75, 3.05) is 13.7 Å². The van der Waals surface area contributed by atoms with Crippen molar-refractivity contribution in [2.24, 2.45) is 0 Å². The van der Waals surface area contributed by atoms with E-state index in [9.17, 15) is 9.59 Å². The van der Waals surface area contributed by atoms with Crippen molar-refractivity contribution >= 4 is 11.8 Å². The molecule has 0 aromatic heterocycles. The van der Waals surface area contributed by atoms with Gasteiger partial charge in [-0.05, 0) is 56.0 Å². The maximum absolute atomic E-state index is 12.9. The lowest BCUT2D eigenvalue weighted by atomic mass is 10.1. The van der Waals surface area contributed by atoms with Crippen molar-refractivity contribution in [2.45, 2.75) is 40.3 Å². The van der Waals surface area contributed by atoms with Crippen LogP contribution in [0.15, 0.2) is 42.5 Å². The van der Waals surface area contributed by atoms with Crippen LogP contribution in [0.3, 0.4) is 0 Å². The quantitative estimate of drug-likeness (QED) is 0.817. The molecule has 0 saturated heterocycles. The number of benzene rings is 2. The Labute approximate surface area is 161 Å². The summed E-state index contributed by atoms with van der Waals surface area (Å²) in [4.78, 5) is 26.6. The van der Waals surface area contributed by atoms with E-state index >= 15 is 0 Å². The maximum Gasteiger partial charge on any atom is 0.261 e. The number of nitrogens with one attached hydrogen (secondary N) is 1. The van der Waals surface area contributed by atoms with Gasteiger partial charge in [-0.25, -0.2) is 0 Å². The summed E-state index contributed by atoms with van der Waals surface area (Å²) >= 11 is 0. The van der Waals surface area contributed by atoms with Crippen LogP contribution in [-0.2, 0) is 16.1 Å². The highest BCUT2D eigenvalue weighted by Crippen LogP contribution is 2.20. The molecule has 2 aromatic carbocycles. The van der Waals surface area contributed by atoms with Gasteiger partial charge in [0.2, 0.25) is 5.91 Å². The smallest absolute Gasteiger partial charge is 0.261 e. The molecule has 144 valence electrons. The van der Waals surface area contributed by atoms with E-state index in [0.29, 0.717) is 12.3 Å². The van der Waals surface area contributed by atoms with Crippen molar-refractivity contribution in [1.82, 2.24) is 10.2 Å². The van der Waals surface area contributed by atoms with E-state index in [1.54, 1.807) is 18.9 Å². The Balaban J connectivity index is 2.18. The average molecular weight is 368 g/mol. The minimum Gasteiger partial charge on any atom is -0.483 e. The van der Waals surface area contributed by atoms with Crippen molar-refractivity contribution in [3.63, 3.8) is 0 Å². The number of hydrogen-bond acceptors (Lipinski definition) is 3. The van der Waals surface area contributed by atoms with Crippen molar-refractivity contribution < 1.29 is 14.3 Å². The summed E-state index contributed by atoms with van der Waals surface area (Å²) in [5.74, 6) is 0.255. The first kappa shape index (κ1) is 20.5. The fourth-order valence-corrected chi connectivity index (χ4v) is 2.85. The van der Waals surface area contributed by atoms with Crippen LogP contribution in [0.2, 0.25) is 0 Å². The van der Waals surface area contributed by atoms with Gasteiger partial charge in [0.25, 0.3) is 5.91 Å². The zero-order valence-corrected chi connectivity index (χ0v) is 16.7. The molecular weight excluding hydrogens is 340 g/mol. The van der Waals surface area contributed by atoms with Gasteiger partial charge in [0.15, 0.2) is 6.61 Å². The molecule has 1 N–H and O–H groups in total. The van der Waals surface area contributed by atoms with Crippen LogP contribution in [0.5, 0.6) is 5.75 Å². The molecule has 0 bridgehead atoms. The molecule has 0 aliphatic carbocycles. The van der Waals surface area contributed by atoms with Crippen LogP contribution in [0.25, 0.3) is 0 Å². The van der Waals surface area contributed by atoms with Crippen LogP contribution < -0.4 is 10.1 Å². The monoisotopic (exact) mass is 368 g/mol. The fourth-order valence-electron chi connectivity index (χ4n) is 2.85. The fraction of sp³-hybridized carbons (Fsp3) is 0.364. The van der Waals surface area contributed by atoms with E-state index in [2.05, 4.69) is 5.32 Å². The van der Waals surface area contributed by atoms with Gasteiger partial charge in [0.05, 0.1) is 0 Å². The SMILES string of the molecule is CNC(=O)[C@H](C)N(Cc1ccccc1C)C(=O)COc1cc(C)ccc1C. The molecule has 5 nitrogen and oxygen atoms in total. The number of nitrogens with zero attached hydrogens (tertiary/aromatic N) is 1. The van der Waals surface area contributed by atoms with Gasteiger partial charge in [0.1, 0.15) is 11.8 Å². The Morgan fingerprint density at radius 3 is 2.44 bits per heavy atom. The van der Waals surface area contributed by atoms with Crippen molar-refractivity contribution in [3.8, 4) is 5.75 Å². The molecule has 0 fully saturated rings. The molecule has 2 rings (SSSR count). The topological polar surface area (TPSA) is 58.6 Å². The molecule has 0 heterocycles. The first-order valence-corrected chi connectivity index (χ1v) is 9.09. The van der Waals surface area contributed by atoms with E-state index in [1.807, 2.05) is 63.2 Å². The Morgan fingerprint density at radius 1 is 1.07 bits per heavy atom. The molecular formula is C22H28N2O3. The molecule has 0 aliphatic rings. The van der Waals surface area contributed by atoms with Crippen LogP contribution in [0, 0.1) is 20.8 Å². The summed E-state index contributed by atoms with van der Waals surface area (Å²) in [6.45, 7) is 7.89. The lowest BCUT2D eigenvalue weighted by molar-refractivity contribution is -0.142. The molecule has 27 heavy (non-hydrogen) atoms. The second kappa shape index (κ2) is 9.21. The minimum atomic E-state index is -0.593. The summed E-state index contributed by atoms with van der Waals surface area (Å²) in [5, 5.41) is 2.62. The number of amides is 2. The summed E-state index contributed by atoms with van der Waals surface area (Å²) in [6, 6.07) is 13.1. The number of ether oxygens (including phenoxy) is 1. The Kier molecular flexibility index (Phi) is 6.99. The molecule has 5 heteroatoms. The van der Waals surface area contributed by atoms with Gasteiger partial charge in [-0.15, -0.1) is 0 Å². The number of aryl methyl sites for hydroxylation is 3. The largest absolute Gasteiger partial charge is 0.483 e. The number of carbonyl (C=O) groups is 2. The second-order valence-corrected chi connectivity index (χ2v) is 6.80. The number of carbonyl (C=O) groups excluding carboxylic acids is 2. The highest BCUT2D eigenvalue weighted by molar-refractivity contribution is 5.87.